The number of carbonyl (C=O) groups excluding carboxylic acids is 1. The Hall–Kier alpha value is -4.44. The first-order valence-corrected chi connectivity index (χ1v) is 12.6. The van der Waals surface area contributed by atoms with Crippen molar-refractivity contribution in [1.82, 2.24) is 4.98 Å². The number of phenolic OH excluding ortho intramolecular Hbond substituents is 1. The third-order valence-corrected chi connectivity index (χ3v) is 6.67. The summed E-state index contributed by atoms with van der Waals surface area (Å²) in [6.45, 7) is 4.64. The molecule has 206 valence electrons. The lowest BCUT2D eigenvalue weighted by molar-refractivity contribution is -0.274. The van der Waals surface area contributed by atoms with Crippen molar-refractivity contribution in [2.24, 2.45) is 0 Å². The van der Waals surface area contributed by atoms with Crippen molar-refractivity contribution >= 4 is 40.4 Å². The highest BCUT2D eigenvalue weighted by atomic mass is 35.5. The minimum atomic E-state index is -4.81. The van der Waals surface area contributed by atoms with Gasteiger partial charge in [-0.2, -0.15) is 0 Å². The first-order chi connectivity index (χ1) is 18.9. The second kappa shape index (κ2) is 10.3. The van der Waals surface area contributed by atoms with E-state index in [0.29, 0.717) is 34.3 Å². The molecule has 4 aromatic rings. The number of phenols is 1. The van der Waals surface area contributed by atoms with Gasteiger partial charge < -0.3 is 25.4 Å². The van der Waals surface area contributed by atoms with Crippen LogP contribution in [-0.2, 0) is 5.41 Å². The lowest BCUT2D eigenvalue weighted by Crippen LogP contribution is -2.27. The van der Waals surface area contributed by atoms with E-state index >= 15 is 0 Å². The van der Waals surface area contributed by atoms with Gasteiger partial charge in [0.1, 0.15) is 11.5 Å². The zero-order valence-corrected chi connectivity index (χ0v) is 22.1. The van der Waals surface area contributed by atoms with Gasteiger partial charge in [0.05, 0.1) is 27.8 Å². The minimum Gasteiger partial charge on any atom is -0.506 e. The van der Waals surface area contributed by atoms with E-state index in [1.165, 1.54) is 12.1 Å². The van der Waals surface area contributed by atoms with Crippen LogP contribution in [0.15, 0.2) is 79.0 Å². The highest BCUT2D eigenvalue weighted by molar-refractivity contribution is 6.30. The Balaban J connectivity index is 1.43. The number of carbonyl (C=O) groups is 1. The van der Waals surface area contributed by atoms with Gasteiger partial charge in [0, 0.05) is 29.4 Å². The van der Waals surface area contributed by atoms with Gasteiger partial charge in [-0.1, -0.05) is 37.6 Å². The minimum absolute atomic E-state index is 0.0821. The summed E-state index contributed by atoms with van der Waals surface area (Å²) >= 11 is 6.04. The Labute approximate surface area is 233 Å². The van der Waals surface area contributed by atoms with Crippen LogP contribution < -0.4 is 20.3 Å². The summed E-state index contributed by atoms with van der Waals surface area (Å²) < 4.78 is 41.1. The largest absolute Gasteiger partial charge is 0.573 e. The molecule has 0 spiro atoms. The third-order valence-electron chi connectivity index (χ3n) is 6.45. The fourth-order valence-corrected chi connectivity index (χ4v) is 5.00. The van der Waals surface area contributed by atoms with Crippen LogP contribution in [0.4, 0.5) is 40.7 Å². The number of urea groups is 1. The second-order valence-electron chi connectivity index (χ2n) is 9.86. The van der Waals surface area contributed by atoms with Gasteiger partial charge in [-0.05, 0) is 66.2 Å². The number of nitrogens with zero attached hydrogens (tertiary/aromatic N) is 2. The molecule has 1 aliphatic rings. The molecule has 0 bridgehead atoms. The number of para-hydroxylation sites is 2. The van der Waals surface area contributed by atoms with E-state index in [1.54, 1.807) is 30.5 Å². The molecule has 3 N–H and O–H groups in total. The van der Waals surface area contributed by atoms with Crippen LogP contribution in [0.1, 0.15) is 19.4 Å². The molecule has 0 radical (unpaired) electrons. The lowest BCUT2D eigenvalue weighted by atomic mass is 9.82. The number of rotatable bonds is 5. The summed E-state index contributed by atoms with van der Waals surface area (Å²) in [4.78, 5) is 19.3. The average Bonchev–Trinajstić information content (AvgIpc) is 3.17. The number of nitrogens with one attached hydrogen (secondary N) is 2. The number of fused-ring (bicyclic) bond motifs is 1. The molecule has 40 heavy (non-hydrogen) atoms. The molecule has 1 aliphatic heterocycles. The smallest absolute Gasteiger partial charge is 0.506 e. The van der Waals surface area contributed by atoms with Crippen LogP contribution in [0.3, 0.4) is 0 Å². The van der Waals surface area contributed by atoms with E-state index < -0.39 is 23.6 Å². The Morgan fingerprint density at radius 3 is 2.42 bits per heavy atom. The zero-order valence-electron chi connectivity index (χ0n) is 21.4. The zero-order chi connectivity index (χ0) is 28.7. The van der Waals surface area contributed by atoms with Crippen LogP contribution >= 0.6 is 11.6 Å². The van der Waals surface area contributed by atoms with Crippen molar-refractivity contribution in [3.05, 3.63) is 89.6 Å². The number of halogens is 4. The SMILES string of the molecule is CC1(C)CN(c2ccccc2NC(=O)Nc2ccc(OC(F)(F)F)cc2)c2c(O)ccc(-c3ccc(Cl)cn3)c21. The van der Waals surface area contributed by atoms with Crippen LogP contribution in [0, 0.1) is 0 Å². The summed E-state index contributed by atoms with van der Waals surface area (Å²) in [6, 6.07) is 18.4. The van der Waals surface area contributed by atoms with Gasteiger partial charge in [0.2, 0.25) is 0 Å². The molecule has 3 aromatic carbocycles. The Bertz CT molecular complexity index is 1560. The molecular formula is C29H24ClF3N4O3. The number of aromatic nitrogens is 1. The Morgan fingerprint density at radius 2 is 1.75 bits per heavy atom. The monoisotopic (exact) mass is 568 g/mol. The number of benzene rings is 3. The van der Waals surface area contributed by atoms with E-state index in [2.05, 4.69) is 34.2 Å². The Morgan fingerprint density at radius 1 is 1.02 bits per heavy atom. The maximum Gasteiger partial charge on any atom is 0.573 e. The van der Waals surface area contributed by atoms with Gasteiger partial charge in [-0.15, -0.1) is 13.2 Å². The number of hydrogen-bond donors (Lipinski definition) is 3. The molecule has 1 aromatic heterocycles. The van der Waals surface area contributed by atoms with Gasteiger partial charge >= 0.3 is 12.4 Å². The molecule has 2 amide bonds. The molecule has 7 nitrogen and oxygen atoms in total. The molecule has 0 saturated carbocycles. The van der Waals surface area contributed by atoms with E-state index in [4.69, 9.17) is 11.6 Å². The van der Waals surface area contributed by atoms with Crippen LogP contribution in [0.2, 0.25) is 5.02 Å². The van der Waals surface area contributed by atoms with E-state index in [1.807, 2.05) is 29.2 Å². The van der Waals surface area contributed by atoms with Crippen LogP contribution in [-0.4, -0.2) is 29.0 Å². The number of alkyl halides is 3. The normalized spacial score (nSPS) is 14.0. The molecule has 2 heterocycles. The highest BCUT2D eigenvalue weighted by Gasteiger charge is 2.41. The number of anilines is 4. The fourth-order valence-electron chi connectivity index (χ4n) is 4.89. The van der Waals surface area contributed by atoms with Gasteiger partial charge in [-0.3, -0.25) is 4.98 Å². The van der Waals surface area contributed by atoms with Crippen molar-refractivity contribution in [3.63, 3.8) is 0 Å². The topological polar surface area (TPSA) is 86.7 Å². The predicted octanol–water partition coefficient (Wildman–Crippen LogP) is 8.08. The molecule has 0 unspecified atom stereocenters. The summed E-state index contributed by atoms with van der Waals surface area (Å²) in [6.07, 6.45) is -3.23. The summed E-state index contributed by atoms with van der Waals surface area (Å²) in [5, 5.41) is 16.9. The molecular weight excluding hydrogens is 545 g/mol. The summed E-state index contributed by atoms with van der Waals surface area (Å²) in [7, 11) is 0. The lowest BCUT2D eigenvalue weighted by Gasteiger charge is -2.25. The van der Waals surface area contributed by atoms with Gasteiger partial charge in [0.25, 0.3) is 0 Å². The summed E-state index contributed by atoms with van der Waals surface area (Å²) in [5.74, 6) is -0.314. The van der Waals surface area contributed by atoms with E-state index in [9.17, 15) is 23.1 Å². The second-order valence-corrected chi connectivity index (χ2v) is 10.3. The van der Waals surface area contributed by atoms with Crippen molar-refractivity contribution in [1.29, 1.82) is 0 Å². The molecule has 0 fully saturated rings. The van der Waals surface area contributed by atoms with Gasteiger partial charge in [0.15, 0.2) is 0 Å². The van der Waals surface area contributed by atoms with Crippen molar-refractivity contribution in [2.75, 3.05) is 22.1 Å². The first-order valence-electron chi connectivity index (χ1n) is 12.2. The number of amides is 2. The van der Waals surface area contributed by atoms with Crippen LogP contribution in [0.5, 0.6) is 11.5 Å². The molecule has 5 rings (SSSR count). The van der Waals surface area contributed by atoms with Crippen LogP contribution in [0.25, 0.3) is 11.3 Å². The Kier molecular flexibility index (Phi) is 6.97. The number of aromatic hydroxyl groups is 1. The fraction of sp³-hybridized carbons (Fsp3) is 0.172. The molecule has 0 aliphatic carbocycles. The highest BCUT2D eigenvalue weighted by Crippen LogP contribution is 2.53. The van der Waals surface area contributed by atoms with Crippen molar-refractivity contribution in [3.8, 4) is 22.8 Å². The molecule has 11 heteroatoms. The number of ether oxygens (including phenoxy) is 1. The van der Waals surface area contributed by atoms with Crippen molar-refractivity contribution in [2.45, 2.75) is 25.6 Å². The summed E-state index contributed by atoms with van der Waals surface area (Å²) in [5.41, 5.74) is 4.07. The first kappa shape index (κ1) is 27.1. The molecule has 0 saturated heterocycles. The number of pyridine rings is 1. The standard InChI is InChI=1S/C29H24ClF3N4O3/c1-28(2)16-37(26-24(38)14-12-20(25(26)28)21-13-7-17(30)15-34-21)23-6-4-3-5-22(23)36-27(39)35-18-8-10-19(11-9-18)40-29(31,32)33/h3-15,38H,16H2,1-2H3,(H2,35,36,39). The maximum atomic E-state index is 12.8. The quantitative estimate of drug-likeness (QED) is 0.226. The maximum absolute atomic E-state index is 12.8. The predicted molar refractivity (Wildman–Crippen MR) is 149 cm³/mol. The average molecular weight is 569 g/mol. The van der Waals surface area contributed by atoms with Gasteiger partial charge in [-0.25, -0.2) is 4.79 Å². The molecule has 0 atom stereocenters. The van der Waals surface area contributed by atoms with E-state index in [0.717, 1.165) is 23.3 Å². The number of hydrogen-bond acceptors (Lipinski definition) is 5. The van der Waals surface area contributed by atoms with Crippen molar-refractivity contribution < 1.29 is 27.8 Å². The third kappa shape index (κ3) is 5.62. The van der Waals surface area contributed by atoms with E-state index in [-0.39, 0.29) is 11.4 Å².